The number of aromatic nitrogens is 1. The first kappa shape index (κ1) is 19.8. The van der Waals surface area contributed by atoms with E-state index in [9.17, 15) is 14.0 Å². The van der Waals surface area contributed by atoms with Gasteiger partial charge in [-0.1, -0.05) is 5.16 Å². The Morgan fingerprint density at radius 2 is 2.20 bits per heavy atom. The number of nitrogens with zero attached hydrogens (tertiary/aromatic N) is 3. The Hall–Kier alpha value is -3.50. The van der Waals surface area contributed by atoms with Gasteiger partial charge in [0.15, 0.2) is 5.82 Å². The lowest BCUT2D eigenvalue weighted by molar-refractivity contribution is 0.147. The van der Waals surface area contributed by atoms with E-state index in [0.29, 0.717) is 43.4 Å². The number of rotatable bonds is 6. The van der Waals surface area contributed by atoms with E-state index in [1.807, 2.05) is 4.90 Å². The SMILES string of the molecule is CNC(=O)N[C@H]1CCN(c2ccc(N3C[C@H](CNc4ccon4)OC3=O)cc2F)C1. The maximum Gasteiger partial charge on any atom is 0.414 e. The summed E-state index contributed by atoms with van der Waals surface area (Å²) in [4.78, 5) is 27.0. The molecule has 2 aliphatic rings. The number of halogens is 1. The van der Waals surface area contributed by atoms with Gasteiger partial charge in [0.1, 0.15) is 18.2 Å². The van der Waals surface area contributed by atoms with Gasteiger partial charge in [-0.05, 0) is 24.6 Å². The molecule has 2 atom stereocenters. The maximum atomic E-state index is 14.8. The fraction of sp³-hybridized carbons (Fsp3) is 0.421. The summed E-state index contributed by atoms with van der Waals surface area (Å²) in [7, 11) is 1.55. The Bertz CT molecular complexity index is 908. The Labute approximate surface area is 172 Å². The smallest absolute Gasteiger partial charge is 0.414 e. The molecule has 30 heavy (non-hydrogen) atoms. The molecule has 2 aromatic rings. The van der Waals surface area contributed by atoms with E-state index < -0.39 is 18.0 Å². The average Bonchev–Trinajstić information content (AvgIpc) is 3.47. The topological polar surface area (TPSA) is 112 Å². The van der Waals surface area contributed by atoms with Gasteiger partial charge in [-0.3, -0.25) is 4.90 Å². The highest BCUT2D eigenvalue weighted by Gasteiger charge is 2.33. The first-order valence-corrected chi connectivity index (χ1v) is 9.68. The molecule has 2 aliphatic heterocycles. The molecular weight excluding hydrogens is 395 g/mol. The van der Waals surface area contributed by atoms with Crippen LogP contribution >= 0.6 is 0 Å². The molecule has 3 heterocycles. The summed E-state index contributed by atoms with van der Waals surface area (Å²) in [6, 6.07) is 6.06. The van der Waals surface area contributed by atoms with Crippen molar-refractivity contribution >= 4 is 29.3 Å². The third-order valence-corrected chi connectivity index (χ3v) is 5.16. The number of anilines is 3. The molecule has 0 aliphatic carbocycles. The van der Waals surface area contributed by atoms with Crippen molar-refractivity contribution in [3.63, 3.8) is 0 Å². The number of hydrogen-bond acceptors (Lipinski definition) is 7. The predicted molar refractivity (Wildman–Crippen MR) is 107 cm³/mol. The molecule has 4 rings (SSSR count). The average molecular weight is 418 g/mol. The summed E-state index contributed by atoms with van der Waals surface area (Å²) in [5, 5.41) is 12.1. The minimum Gasteiger partial charge on any atom is -0.442 e. The van der Waals surface area contributed by atoms with Gasteiger partial charge >= 0.3 is 12.1 Å². The van der Waals surface area contributed by atoms with Crippen LogP contribution in [0.25, 0.3) is 0 Å². The molecule has 11 heteroatoms. The zero-order valence-corrected chi connectivity index (χ0v) is 16.4. The van der Waals surface area contributed by atoms with Crippen molar-refractivity contribution in [1.29, 1.82) is 0 Å². The van der Waals surface area contributed by atoms with Crippen LogP contribution in [0.2, 0.25) is 0 Å². The molecule has 3 amide bonds. The van der Waals surface area contributed by atoms with Crippen molar-refractivity contribution < 1.29 is 23.2 Å². The van der Waals surface area contributed by atoms with E-state index in [1.54, 1.807) is 25.2 Å². The highest BCUT2D eigenvalue weighted by Crippen LogP contribution is 2.29. The predicted octanol–water partition coefficient (Wildman–Crippen LogP) is 1.76. The van der Waals surface area contributed by atoms with Crippen LogP contribution in [0, 0.1) is 5.82 Å². The van der Waals surface area contributed by atoms with Gasteiger partial charge in [-0.2, -0.15) is 0 Å². The molecule has 0 radical (unpaired) electrons. The van der Waals surface area contributed by atoms with Crippen LogP contribution in [0.15, 0.2) is 35.1 Å². The van der Waals surface area contributed by atoms with E-state index in [0.717, 1.165) is 6.42 Å². The Morgan fingerprint density at radius 1 is 1.33 bits per heavy atom. The summed E-state index contributed by atoms with van der Waals surface area (Å²) in [5.41, 5.74) is 0.876. The van der Waals surface area contributed by atoms with E-state index in [4.69, 9.17) is 9.26 Å². The second-order valence-corrected chi connectivity index (χ2v) is 7.17. The molecule has 3 N–H and O–H groups in total. The highest BCUT2D eigenvalue weighted by molar-refractivity contribution is 5.90. The van der Waals surface area contributed by atoms with E-state index in [2.05, 4.69) is 21.1 Å². The van der Waals surface area contributed by atoms with Crippen LogP contribution in [0.5, 0.6) is 0 Å². The van der Waals surface area contributed by atoms with Gasteiger partial charge in [0, 0.05) is 32.2 Å². The number of benzene rings is 1. The molecule has 1 aromatic carbocycles. The third-order valence-electron chi connectivity index (χ3n) is 5.16. The Balaban J connectivity index is 1.37. The molecule has 2 fully saturated rings. The van der Waals surface area contributed by atoms with Crippen molar-refractivity contribution in [3.8, 4) is 0 Å². The standard InChI is InChI=1S/C19H23FN6O4/c1-21-18(27)23-12-4-6-25(10-12)16-3-2-13(8-15(16)20)26-11-14(30-19(26)28)9-22-17-5-7-29-24-17/h2-3,5,7-8,12,14H,4,6,9-11H2,1H3,(H,22,24)(H2,21,23,27)/t12-,14-/m0/s1. The van der Waals surface area contributed by atoms with Crippen LogP contribution in [0.4, 0.5) is 31.2 Å². The second-order valence-electron chi connectivity index (χ2n) is 7.17. The molecule has 1 aromatic heterocycles. The van der Waals surface area contributed by atoms with Gasteiger partial charge in [0.2, 0.25) is 0 Å². The molecule has 2 saturated heterocycles. The van der Waals surface area contributed by atoms with E-state index >= 15 is 0 Å². The Morgan fingerprint density at radius 3 is 2.93 bits per heavy atom. The summed E-state index contributed by atoms with van der Waals surface area (Å²) < 4.78 is 24.9. The Kier molecular flexibility index (Phi) is 5.59. The zero-order valence-electron chi connectivity index (χ0n) is 16.4. The number of amides is 3. The summed E-state index contributed by atoms with van der Waals surface area (Å²) in [5.74, 6) is 0.125. The van der Waals surface area contributed by atoms with Crippen LogP contribution in [0.1, 0.15) is 6.42 Å². The minimum atomic E-state index is -0.523. The molecule has 0 saturated carbocycles. The van der Waals surface area contributed by atoms with Crippen molar-refractivity contribution in [3.05, 3.63) is 36.3 Å². The monoisotopic (exact) mass is 418 g/mol. The number of hydrogen-bond donors (Lipinski definition) is 3. The number of urea groups is 1. The quantitative estimate of drug-likeness (QED) is 0.655. The van der Waals surface area contributed by atoms with Crippen molar-refractivity contribution in [2.24, 2.45) is 0 Å². The van der Waals surface area contributed by atoms with Crippen LogP contribution in [-0.2, 0) is 4.74 Å². The molecular formula is C19H23FN6O4. The first-order chi connectivity index (χ1) is 14.5. The largest absolute Gasteiger partial charge is 0.442 e. The fourth-order valence-corrected chi connectivity index (χ4v) is 3.64. The van der Waals surface area contributed by atoms with Crippen LogP contribution in [0.3, 0.4) is 0 Å². The summed E-state index contributed by atoms with van der Waals surface area (Å²) >= 11 is 0. The maximum absolute atomic E-state index is 14.8. The number of cyclic esters (lactones) is 1. The van der Waals surface area contributed by atoms with Crippen molar-refractivity contribution in [2.75, 3.05) is 48.3 Å². The normalized spacial score (nSPS) is 20.9. The molecule has 0 bridgehead atoms. The molecule has 0 spiro atoms. The molecule has 10 nitrogen and oxygen atoms in total. The lowest BCUT2D eigenvalue weighted by atomic mass is 10.2. The van der Waals surface area contributed by atoms with E-state index in [-0.39, 0.29) is 12.1 Å². The minimum absolute atomic E-state index is 0.0458. The second kappa shape index (κ2) is 8.47. The number of carbonyl (C=O) groups excluding carboxylic acids is 2. The number of ether oxygens (including phenoxy) is 1. The molecule has 160 valence electrons. The summed E-state index contributed by atoms with van der Waals surface area (Å²) in [6.45, 7) is 1.81. The number of nitrogens with one attached hydrogen (secondary N) is 3. The zero-order chi connectivity index (χ0) is 21.1. The first-order valence-electron chi connectivity index (χ1n) is 9.68. The van der Waals surface area contributed by atoms with Crippen LogP contribution in [-0.4, -0.2) is 62.7 Å². The van der Waals surface area contributed by atoms with Crippen LogP contribution < -0.4 is 25.8 Å². The molecule has 0 unspecified atom stereocenters. The van der Waals surface area contributed by atoms with Gasteiger partial charge in [0.25, 0.3) is 0 Å². The lowest BCUT2D eigenvalue weighted by Crippen LogP contribution is -2.42. The van der Waals surface area contributed by atoms with Gasteiger partial charge < -0.3 is 30.1 Å². The van der Waals surface area contributed by atoms with E-state index in [1.165, 1.54) is 17.2 Å². The van der Waals surface area contributed by atoms with Crippen molar-refractivity contribution in [1.82, 2.24) is 15.8 Å². The lowest BCUT2D eigenvalue weighted by Gasteiger charge is -2.21. The van der Waals surface area contributed by atoms with Gasteiger partial charge in [0.05, 0.1) is 24.5 Å². The fourth-order valence-electron chi connectivity index (χ4n) is 3.64. The van der Waals surface area contributed by atoms with Gasteiger partial charge in [-0.25, -0.2) is 14.0 Å². The third kappa shape index (κ3) is 4.24. The number of carbonyl (C=O) groups is 2. The highest BCUT2D eigenvalue weighted by atomic mass is 19.1. The summed E-state index contributed by atoms with van der Waals surface area (Å²) in [6.07, 6.45) is 1.25. The van der Waals surface area contributed by atoms with Crippen molar-refractivity contribution in [2.45, 2.75) is 18.6 Å². The van der Waals surface area contributed by atoms with Gasteiger partial charge in [-0.15, -0.1) is 0 Å².